The molecule has 1 aromatic heterocycles. The van der Waals surface area contributed by atoms with Gasteiger partial charge in [0.1, 0.15) is 24.1 Å². The minimum atomic E-state index is -0.877. The second kappa shape index (κ2) is 16.9. The Morgan fingerprint density at radius 2 is 1.39 bits per heavy atom. The molecule has 14 heteroatoms. The van der Waals surface area contributed by atoms with Crippen LogP contribution in [0.25, 0.3) is 38.9 Å². The van der Waals surface area contributed by atoms with E-state index in [4.69, 9.17) is 9.72 Å². The van der Waals surface area contributed by atoms with Gasteiger partial charge in [0.2, 0.25) is 5.91 Å². The Labute approximate surface area is 342 Å². The Hall–Kier alpha value is -6.83. The van der Waals surface area contributed by atoms with Crippen molar-refractivity contribution in [3.8, 4) is 22.4 Å². The summed E-state index contributed by atoms with van der Waals surface area (Å²) in [6, 6.07) is 28.5. The van der Waals surface area contributed by atoms with E-state index in [1.807, 2.05) is 47.6 Å². The largest absolute Gasteiger partial charge is 0.453 e. The van der Waals surface area contributed by atoms with Crippen molar-refractivity contribution < 1.29 is 28.7 Å². The van der Waals surface area contributed by atoms with E-state index in [2.05, 4.69) is 91.7 Å². The van der Waals surface area contributed by atoms with Crippen LogP contribution in [0.15, 0.2) is 103 Å². The van der Waals surface area contributed by atoms with Crippen LogP contribution in [0.5, 0.6) is 0 Å². The lowest BCUT2D eigenvalue weighted by Crippen LogP contribution is -2.55. The number of aromatic amines is 1. The van der Waals surface area contributed by atoms with E-state index in [1.54, 1.807) is 11.8 Å². The van der Waals surface area contributed by atoms with Crippen molar-refractivity contribution in [1.82, 2.24) is 41.0 Å². The average molecular weight is 797 g/mol. The first-order valence-electron chi connectivity index (χ1n) is 20.0. The van der Waals surface area contributed by atoms with Crippen LogP contribution in [-0.2, 0) is 19.1 Å². The number of nitrogens with zero attached hydrogens (tertiary/aromatic N) is 3. The molecule has 2 fully saturated rings. The molecule has 304 valence electrons. The third-order valence-electron chi connectivity index (χ3n) is 11.5. The van der Waals surface area contributed by atoms with Gasteiger partial charge in [0.15, 0.2) is 0 Å². The molecule has 0 bridgehead atoms. The van der Waals surface area contributed by atoms with Crippen molar-refractivity contribution in [1.29, 1.82) is 0 Å². The molecule has 4 amide bonds. The number of nitrogens with one attached hydrogen (secondary N) is 5. The molecule has 0 saturated carbocycles. The normalized spacial score (nSPS) is 19.6. The first kappa shape index (κ1) is 39.0. The number of carbonyl (C=O) groups is 4. The highest BCUT2D eigenvalue weighted by Gasteiger charge is 2.39. The first-order valence-corrected chi connectivity index (χ1v) is 20.0. The average Bonchev–Trinajstić information content (AvgIpc) is 4.12. The van der Waals surface area contributed by atoms with Crippen LogP contribution < -0.4 is 21.3 Å². The molecule has 3 aliphatic rings. The Balaban J connectivity index is 0.916. The number of methoxy groups -OCH3 is 2. The van der Waals surface area contributed by atoms with Crippen LogP contribution in [-0.4, -0.2) is 89.3 Å². The SMILES string of the molecule is COC(=O)N[C@@H](C)C(=O)N1CCC[C@H]1C1NC=C(c2ccc3cc(-c4ccc(-c5cnc([C@@H]6CCCN6C(=O)[C@H](NC(=O)OC)c6ccccc6)[nH]5)cc4)ccc3c2)N1. The molecule has 14 nitrogen and oxygen atoms in total. The van der Waals surface area contributed by atoms with Crippen LogP contribution in [0.3, 0.4) is 0 Å². The fourth-order valence-corrected chi connectivity index (χ4v) is 8.43. The molecule has 59 heavy (non-hydrogen) atoms. The number of likely N-dealkylation sites (tertiary alicyclic amines) is 2. The number of aromatic nitrogens is 2. The quantitative estimate of drug-likeness (QED) is 0.110. The number of ether oxygens (including phenoxy) is 2. The van der Waals surface area contributed by atoms with E-state index >= 15 is 0 Å². The van der Waals surface area contributed by atoms with Crippen molar-refractivity contribution in [3.63, 3.8) is 0 Å². The Bertz CT molecular complexity index is 2380. The van der Waals surface area contributed by atoms with Crippen LogP contribution in [0.2, 0.25) is 0 Å². The van der Waals surface area contributed by atoms with Crippen LogP contribution >= 0.6 is 0 Å². The van der Waals surface area contributed by atoms with E-state index in [9.17, 15) is 19.2 Å². The van der Waals surface area contributed by atoms with E-state index in [1.165, 1.54) is 14.2 Å². The van der Waals surface area contributed by atoms with Crippen LogP contribution in [0.1, 0.15) is 61.6 Å². The number of hydrogen-bond donors (Lipinski definition) is 5. The number of H-pyrrole nitrogens is 1. The van der Waals surface area contributed by atoms with Gasteiger partial charge >= 0.3 is 12.2 Å². The monoisotopic (exact) mass is 796 g/mol. The molecule has 4 heterocycles. The predicted molar refractivity (Wildman–Crippen MR) is 223 cm³/mol. The minimum absolute atomic E-state index is 0.0624. The predicted octanol–water partition coefficient (Wildman–Crippen LogP) is 6.21. The van der Waals surface area contributed by atoms with Gasteiger partial charge in [-0.2, -0.15) is 0 Å². The molecule has 5 N–H and O–H groups in total. The number of hydrogen-bond acceptors (Lipinski definition) is 9. The topological polar surface area (TPSA) is 170 Å². The van der Waals surface area contributed by atoms with E-state index < -0.39 is 24.3 Å². The minimum Gasteiger partial charge on any atom is -0.453 e. The number of alkyl carbamates (subject to hydrolysis) is 2. The molecule has 8 rings (SSSR count). The number of fused-ring (bicyclic) bond motifs is 1. The molecular formula is C45H48N8O6. The lowest BCUT2D eigenvalue weighted by molar-refractivity contribution is -0.135. The molecular weight excluding hydrogens is 749 g/mol. The van der Waals surface area contributed by atoms with Gasteiger partial charge in [-0.05, 0) is 83.3 Å². The van der Waals surface area contributed by atoms with Crippen molar-refractivity contribution in [2.45, 2.75) is 62.9 Å². The maximum absolute atomic E-state index is 13.9. The maximum atomic E-state index is 13.9. The lowest BCUT2D eigenvalue weighted by atomic mass is 9.98. The highest BCUT2D eigenvalue weighted by Crippen LogP contribution is 2.35. The number of rotatable bonds is 10. The Morgan fingerprint density at radius 1 is 0.746 bits per heavy atom. The van der Waals surface area contributed by atoms with Gasteiger partial charge in [-0.25, -0.2) is 14.6 Å². The number of amides is 4. The zero-order chi connectivity index (χ0) is 41.0. The van der Waals surface area contributed by atoms with Crippen LogP contribution in [0.4, 0.5) is 9.59 Å². The van der Waals surface area contributed by atoms with Crippen molar-refractivity contribution in [3.05, 3.63) is 120 Å². The molecule has 0 spiro atoms. The summed E-state index contributed by atoms with van der Waals surface area (Å²) in [6.07, 6.45) is 5.66. The summed E-state index contributed by atoms with van der Waals surface area (Å²) in [5.41, 5.74) is 6.69. The van der Waals surface area contributed by atoms with Gasteiger partial charge < -0.3 is 45.5 Å². The van der Waals surface area contributed by atoms with E-state index in [0.717, 1.165) is 70.1 Å². The summed E-state index contributed by atoms with van der Waals surface area (Å²) >= 11 is 0. The Morgan fingerprint density at radius 3 is 2.14 bits per heavy atom. The van der Waals surface area contributed by atoms with Gasteiger partial charge in [0.25, 0.3) is 5.91 Å². The van der Waals surface area contributed by atoms with E-state index in [-0.39, 0.29) is 30.1 Å². The number of carbonyl (C=O) groups excluding carboxylic acids is 4. The van der Waals surface area contributed by atoms with E-state index in [0.29, 0.717) is 24.5 Å². The number of benzene rings is 4. The summed E-state index contributed by atoms with van der Waals surface area (Å²) < 4.78 is 9.50. The van der Waals surface area contributed by atoms with Crippen molar-refractivity contribution >= 4 is 40.5 Å². The summed E-state index contributed by atoms with van der Waals surface area (Å²) in [5.74, 6) is 0.367. The summed E-state index contributed by atoms with van der Waals surface area (Å²) in [4.78, 5) is 62.8. The third kappa shape index (κ3) is 8.15. The molecule has 0 radical (unpaired) electrons. The zero-order valence-corrected chi connectivity index (χ0v) is 33.2. The van der Waals surface area contributed by atoms with Gasteiger partial charge in [-0.3, -0.25) is 9.59 Å². The molecule has 0 aliphatic carbocycles. The standard InChI is InChI=1S/C45H48N8O6/c1-27(48-44(56)58-2)42(54)52-21-7-11-37(52)40-47-26-36(50-40)34-20-19-32-23-31(17-18-33(32)24-34)28-13-15-29(16-14-28)35-25-46-41(49-35)38-12-8-22-53(38)43(55)39(51-45(57)59-3)30-9-5-4-6-10-30/h4-6,9-10,13-20,23-27,37-40,47,50H,7-8,11-12,21-22H2,1-3H3,(H,46,49)(H,48,56)(H,51,57)/t27-,37-,38-,39+,40?/m0/s1. The van der Waals surface area contributed by atoms with Crippen molar-refractivity contribution in [2.75, 3.05) is 27.3 Å². The second-order valence-corrected chi connectivity index (χ2v) is 15.2. The van der Waals surface area contributed by atoms with Crippen molar-refractivity contribution in [2.24, 2.45) is 0 Å². The second-order valence-electron chi connectivity index (χ2n) is 15.2. The first-order chi connectivity index (χ1) is 28.7. The Kier molecular flexibility index (Phi) is 11.2. The summed E-state index contributed by atoms with van der Waals surface area (Å²) in [6.45, 7) is 2.87. The van der Waals surface area contributed by atoms with Gasteiger partial charge in [-0.15, -0.1) is 0 Å². The zero-order valence-electron chi connectivity index (χ0n) is 33.2. The molecule has 2 saturated heterocycles. The molecule has 5 aromatic rings. The highest BCUT2D eigenvalue weighted by molar-refractivity contribution is 5.91. The summed E-state index contributed by atoms with van der Waals surface area (Å²) in [7, 11) is 2.57. The maximum Gasteiger partial charge on any atom is 0.407 e. The van der Waals surface area contributed by atoms with Gasteiger partial charge in [0, 0.05) is 19.3 Å². The van der Waals surface area contributed by atoms with Crippen LogP contribution in [0, 0.1) is 0 Å². The molecule has 5 atom stereocenters. The molecule has 3 aliphatic heterocycles. The fourth-order valence-electron chi connectivity index (χ4n) is 8.43. The van der Waals surface area contributed by atoms with Gasteiger partial charge in [-0.1, -0.05) is 78.9 Å². The number of imidazole rings is 1. The lowest BCUT2D eigenvalue weighted by Gasteiger charge is -2.32. The summed E-state index contributed by atoms with van der Waals surface area (Å²) in [5, 5.41) is 14.6. The van der Waals surface area contributed by atoms with Gasteiger partial charge in [0.05, 0.1) is 43.9 Å². The third-order valence-corrected chi connectivity index (χ3v) is 11.5. The smallest absolute Gasteiger partial charge is 0.407 e. The molecule has 1 unspecified atom stereocenters. The highest BCUT2D eigenvalue weighted by atomic mass is 16.5. The molecule has 4 aromatic carbocycles. The fraction of sp³-hybridized carbons (Fsp3) is 0.311.